The Kier molecular flexibility index (Phi) is 3.76. The van der Waals surface area contributed by atoms with Gasteiger partial charge in [0, 0.05) is 6.54 Å². The Morgan fingerprint density at radius 1 is 1.53 bits per heavy atom. The number of nitrogen functional groups attached to an aromatic ring is 1. The number of aromatic nitrogens is 2. The van der Waals surface area contributed by atoms with Crippen LogP contribution in [0, 0.1) is 10.1 Å². The lowest BCUT2D eigenvalue weighted by molar-refractivity contribution is -0.384. The van der Waals surface area contributed by atoms with Gasteiger partial charge in [-0.15, -0.1) is 0 Å². The van der Waals surface area contributed by atoms with Crippen molar-refractivity contribution in [3.63, 3.8) is 0 Å². The molecule has 0 spiro atoms. The molecule has 1 aliphatic carbocycles. The predicted octanol–water partition coefficient (Wildman–Crippen LogP) is 0.387. The lowest BCUT2D eigenvalue weighted by Gasteiger charge is -2.22. The standard InChI is InChI=1S/C10H16N6O3/c11-15-9-12-5-7(16(18)19)8(14-9)13-6-10(17)3-1-2-4-10/h5,17H,1-4,6,11H2,(H2,12,13,14,15). The highest BCUT2D eigenvalue weighted by molar-refractivity contribution is 5.56. The molecule has 9 nitrogen and oxygen atoms in total. The molecule has 0 atom stereocenters. The van der Waals surface area contributed by atoms with Gasteiger partial charge in [0.1, 0.15) is 6.20 Å². The molecule has 0 saturated heterocycles. The highest BCUT2D eigenvalue weighted by Gasteiger charge is 2.31. The molecule has 0 amide bonds. The molecular formula is C10H16N6O3. The van der Waals surface area contributed by atoms with Crippen molar-refractivity contribution in [2.75, 3.05) is 17.3 Å². The highest BCUT2D eigenvalue weighted by atomic mass is 16.6. The molecule has 1 aliphatic rings. The van der Waals surface area contributed by atoms with Gasteiger partial charge in [0.15, 0.2) is 0 Å². The number of aliphatic hydroxyl groups is 1. The van der Waals surface area contributed by atoms with Gasteiger partial charge in [-0.3, -0.25) is 15.5 Å². The number of rotatable bonds is 5. The summed E-state index contributed by atoms with van der Waals surface area (Å²) >= 11 is 0. The first-order valence-electron chi connectivity index (χ1n) is 5.98. The Bertz CT molecular complexity index is 474. The smallest absolute Gasteiger partial charge is 0.329 e. The fourth-order valence-corrected chi connectivity index (χ4v) is 2.17. The van der Waals surface area contributed by atoms with E-state index in [4.69, 9.17) is 5.84 Å². The van der Waals surface area contributed by atoms with Gasteiger partial charge in [0.05, 0.1) is 10.5 Å². The van der Waals surface area contributed by atoms with Crippen LogP contribution in [-0.4, -0.2) is 32.1 Å². The van der Waals surface area contributed by atoms with Gasteiger partial charge in [0.2, 0.25) is 11.8 Å². The molecular weight excluding hydrogens is 252 g/mol. The van der Waals surface area contributed by atoms with E-state index in [1.165, 1.54) is 0 Å². The van der Waals surface area contributed by atoms with E-state index in [1.54, 1.807) is 0 Å². The summed E-state index contributed by atoms with van der Waals surface area (Å²) in [5.74, 6) is 5.29. The molecule has 1 aromatic heterocycles. The minimum Gasteiger partial charge on any atom is -0.388 e. The maximum atomic E-state index is 10.9. The second-order valence-corrected chi connectivity index (χ2v) is 4.61. The van der Waals surface area contributed by atoms with E-state index in [2.05, 4.69) is 20.7 Å². The van der Waals surface area contributed by atoms with Crippen LogP contribution in [0.2, 0.25) is 0 Å². The zero-order valence-electron chi connectivity index (χ0n) is 10.3. The van der Waals surface area contributed by atoms with Gasteiger partial charge in [-0.05, 0) is 12.8 Å². The molecule has 0 aromatic carbocycles. The topological polar surface area (TPSA) is 139 Å². The SMILES string of the molecule is NNc1ncc([N+](=O)[O-])c(NCC2(O)CCCC2)n1. The van der Waals surface area contributed by atoms with Crippen LogP contribution in [0.15, 0.2) is 6.20 Å². The second-order valence-electron chi connectivity index (χ2n) is 4.61. The minimum absolute atomic E-state index is 0.0493. The summed E-state index contributed by atoms with van der Waals surface area (Å²) in [5, 5.41) is 23.9. The Morgan fingerprint density at radius 3 is 2.79 bits per heavy atom. The van der Waals surface area contributed by atoms with E-state index >= 15 is 0 Å². The van der Waals surface area contributed by atoms with Crippen LogP contribution in [0.1, 0.15) is 25.7 Å². The van der Waals surface area contributed by atoms with E-state index in [1.807, 2.05) is 0 Å². The van der Waals surface area contributed by atoms with E-state index in [9.17, 15) is 15.2 Å². The average Bonchev–Trinajstić information content (AvgIpc) is 2.83. The number of anilines is 2. The molecule has 0 unspecified atom stereocenters. The van der Waals surface area contributed by atoms with E-state index < -0.39 is 10.5 Å². The molecule has 0 bridgehead atoms. The Hall–Kier alpha value is -2.00. The first-order chi connectivity index (χ1) is 9.04. The monoisotopic (exact) mass is 268 g/mol. The van der Waals surface area contributed by atoms with Gasteiger partial charge in [0.25, 0.3) is 0 Å². The number of hydrogen-bond donors (Lipinski definition) is 4. The fraction of sp³-hybridized carbons (Fsp3) is 0.600. The van der Waals surface area contributed by atoms with Crippen molar-refractivity contribution in [3.05, 3.63) is 16.3 Å². The largest absolute Gasteiger partial charge is 0.388 e. The van der Waals surface area contributed by atoms with Gasteiger partial charge in [-0.25, -0.2) is 10.8 Å². The lowest BCUT2D eigenvalue weighted by Crippen LogP contribution is -2.34. The van der Waals surface area contributed by atoms with E-state index in [0.29, 0.717) is 12.8 Å². The predicted molar refractivity (Wildman–Crippen MR) is 68.4 cm³/mol. The van der Waals surface area contributed by atoms with E-state index in [0.717, 1.165) is 19.0 Å². The maximum Gasteiger partial charge on any atom is 0.329 e. The zero-order valence-corrected chi connectivity index (χ0v) is 10.3. The number of nitrogens with one attached hydrogen (secondary N) is 2. The third kappa shape index (κ3) is 3.06. The number of nitrogens with zero attached hydrogens (tertiary/aromatic N) is 3. The molecule has 1 aromatic rings. The molecule has 2 rings (SSSR count). The molecule has 9 heteroatoms. The Labute approximate surface area is 109 Å². The van der Waals surface area contributed by atoms with Crippen molar-refractivity contribution in [3.8, 4) is 0 Å². The molecule has 1 fully saturated rings. The van der Waals surface area contributed by atoms with Crippen molar-refractivity contribution in [1.82, 2.24) is 9.97 Å². The van der Waals surface area contributed by atoms with Crippen molar-refractivity contribution < 1.29 is 10.0 Å². The van der Waals surface area contributed by atoms with Crippen molar-refractivity contribution in [2.45, 2.75) is 31.3 Å². The summed E-state index contributed by atoms with van der Waals surface area (Å²) < 4.78 is 0. The summed E-state index contributed by atoms with van der Waals surface area (Å²) in [7, 11) is 0. The number of hydrogen-bond acceptors (Lipinski definition) is 8. The van der Waals surface area contributed by atoms with Gasteiger partial charge in [-0.1, -0.05) is 12.8 Å². The quantitative estimate of drug-likeness (QED) is 0.341. The molecule has 0 radical (unpaired) electrons. The summed E-state index contributed by atoms with van der Waals surface area (Å²) in [6.07, 6.45) is 4.35. The summed E-state index contributed by atoms with van der Waals surface area (Å²) in [4.78, 5) is 17.9. The summed E-state index contributed by atoms with van der Waals surface area (Å²) in [5.41, 5.74) is 1.15. The summed E-state index contributed by atoms with van der Waals surface area (Å²) in [6, 6.07) is 0. The van der Waals surface area contributed by atoms with Crippen LogP contribution in [0.4, 0.5) is 17.5 Å². The minimum atomic E-state index is -0.824. The normalized spacial score (nSPS) is 17.2. The first kappa shape index (κ1) is 13.4. The molecule has 0 aliphatic heterocycles. The van der Waals surface area contributed by atoms with Crippen molar-refractivity contribution in [2.24, 2.45) is 5.84 Å². The molecule has 19 heavy (non-hydrogen) atoms. The number of nitrogens with two attached hydrogens (primary N) is 1. The molecule has 5 N–H and O–H groups in total. The lowest BCUT2D eigenvalue weighted by atomic mass is 10.0. The Morgan fingerprint density at radius 2 is 2.21 bits per heavy atom. The molecule has 104 valence electrons. The third-order valence-corrected chi connectivity index (χ3v) is 3.21. The number of nitro groups is 1. The second kappa shape index (κ2) is 5.33. The average molecular weight is 268 g/mol. The summed E-state index contributed by atoms with van der Waals surface area (Å²) in [6.45, 7) is 0.217. The van der Waals surface area contributed by atoms with Crippen molar-refractivity contribution >= 4 is 17.5 Å². The third-order valence-electron chi connectivity index (χ3n) is 3.21. The Balaban J connectivity index is 2.15. The van der Waals surface area contributed by atoms with Crippen LogP contribution < -0.4 is 16.6 Å². The van der Waals surface area contributed by atoms with E-state index in [-0.39, 0.29) is 24.0 Å². The van der Waals surface area contributed by atoms with Crippen LogP contribution in [0.5, 0.6) is 0 Å². The molecule has 1 saturated carbocycles. The fourth-order valence-electron chi connectivity index (χ4n) is 2.17. The van der Waals surface area contributed by atoms with Gasteiger partial charge < -0.3 is 10.4 Å². The first-order valence-corrected chi connectivity index (χ1v) is 5.98. The van der Waals surface area contributed by atoms with Crippen LogP contribution in [0.3, 0.4) is 0 Å². The van der Waals surface area contributed by atoms with Crippen LogP contribution in [0.25, 0.3) is 0 Å². The highest BCUT2D eigenvalue weighted by Crippen LogP contribution is 2.30. The number of hydrazine groups is 1. The van der Waals surface area contributed by atoms with Crippen LogP contribution in [-0.2, 0) is 0 Å². The zero-order chi connectivity index (χ0) is 13.9. The van der Waals surface area contributed by atoms with Gasteiger partial charge in [-0.2, -0.15) is 4.98 Å². The maximum absolute atomic E-state index is 10.9. The van der Waals surface area contributed by atoms with Gasteiger partial charge >= 0.3 is 5.69 Å². The van der Waals surface area contributed by atoms with Crippen molar-refractivity contribution in [1.29, 1.82) is 0 Å². The van der Waals surface area contributed by atoms with Crippen LogP contribution >= 0.6 is 0 Å². The molecule has 1 heterocycles.